The molecule has 0 saturated carbocycles. The standard InChI is InChI=1S/C12H15O.3C4H9.Sn/c1-2-3-7-10-13-11-12-8-5-4-6-9-12;3*1-3-4-2;/h1-2,4-6,8-9H,3,7,10-11H2;3*1,3-4H2,2H3;. The maximum absolute atomic E-state index is 5.83. The summed E-state index contributed by atoms with van der Waals surface area (Å²) in [6, 6.07) is 10.5. The zero-order valence-corrected chi connectivity index (χ0v) is 20.5. The average molecular weight is 465 g/mol. The van der Waals surface area contributed by atoms with E-state index in [-0.39, 0.29) is 0 Å². The van der Waals surface area contributed by atoms with Gasteiger partial charge in [-0.1, -0.05) is 0 Å². The van der Waals surface area contributed by atoms with Gasteiger partial charge in [-0.3, -0.25) is 0 Å². The number of allylic oxidation sites excluding steroid dienone is 1. The fourth-order valence-electron chi connectivity index (χ4n) is 3.61. The first-order chi connectivity index (χ1) is 12.8. The second-order valence-corrected chi connectivity index (χ2v) is 20.8. The molecule has 0 atom stereocenters. The van der Waals surface area contributed by atoms with Crippen LogP contribution in [0.15, 0.2) is 40.5 Å². The number of hydrogen-bond donors (Lipinski definition) is 0. The van der Waals surface area contributed by atoms with Crippen LogP contribution in [0.2, 0.25) is 13.3 Å². The van der Waals surface area contributed by atoms with Gasteiger partial charge >= 0.3 is 168 Å². The molecular formula is C24H42OSn. The predicted molar refractivity (Wildman–Crippen MR) is 119 cm³/mol. The van der Waals surface area contributed by atoms with Crippen molar-refractivity contribution < 1.29 is 4.74 Å². The van der Waals surface area contributed by atoms with E-state index >= 15 is 0 Å². The van der Waals surface area contributed by atoms with E-state index in [1.165, 1.54) is 50.5 Å². The van der Waals surface area contributed by atoms with Crippen LogP contribution in [0.3, 0.4) is 0 Å². The third-order valence-electron chi connectivity index (χ3n) is 5.33. The van der Waals surface area contributed by atoms with Crippen LogP contribution in [0, 0.1) is 0 Å². The van der Waals surface area contributed by atoms with Crippen molar-refractivity contribution in [2.24, 2.45) is 0 Å². The van der Waals surface area contributed by atoms with Gasteiger partial charge in [-0.25, -0.2) is 0 Å². The molecular weight excluding hydrogens is 423 g/mol. The minimum absolute atomic E-state index is 0.747. The third kappa shape index (κ3) is 10.8. The monoisotopic (exact) mass is 466 g/mol. The number of rotatable bonds is 16. The molecule has 0 saturated heterocycles. The van der Waals surface area contributed by atoms with Gasteiger partial charge in [0, 0.05) is 0 Å². The SMILES string of the molecule is CCC[CH2][Sn](/[CH]=C\CCCOCc1ccccc1)([CH2]CCC)[CH2]CCC. The van der Waals surface area contributed by atoms with Crippen LogP contribution in [0.5, 0.6) is 0 Å². The van der Waals surface area contributed by atoms with Crippen molar-refractivity contribution in [2.75, 3.05) is 6.61 Å². The van der Waals surface area contributed by atoms with Gasteiger partial charge in [0.25, 0.3) is 0 Å². The van der Waals surface area contributed by atoms with E-state index in [0.717, 1.165) is 19.6 Å². The quantitative estimate of drug-likeness (QED) is 0.178. The van der Waals surface area contributed by atoms with Gasteiger partial charge in [-0.2, -0.15) is 0 Å². The predicted octanol–water partition coefficient (Wildman–Crippen LogP) is 7.93. The molecule has 1 nitrogen and oxygen atoms in total. The molecule has 26 heavy (non-hydrogen) atoms. The second-order valence-electron chi connectivity index (χ2n) is 7.76. The fourth-order valence-corrected chi connectivity index (χ4v) is 18.1. The summed E-state index contributed by atoms with van der Waals surface area (Å²) in [5.41, 5.74) is 1.27. The Morgan fingerprint density at radius 2 is 1.38 bits per heavy atom. The maximum atomic E-state index is 5.83. The summed E-state index contributed by atoms with van der Waals surface area (Å²) in [6.45, 7) is 8.68. The Kier molecular flexibility index (Phi) is 14.4. The molecule has 0 bridgehead atoms. The molecule has 0 fully saturated rings. The van der Waals surface area contributed by atoms with E-state index in [1.54, 1.807) is 13.3 Å². The number of benzene rings is 1. The number of hydrogen-bond acceptors (Lipinski definition) is 1. The summed E-state index contributed by atoms with van der Waals surface area (Å²) in [6.07, 6.45) is 13.3. The summed E-state index contributed by atoms with van der Waals surface area (Å²) in [4.78, 5) is 0. The van der Waals surface area contributed by atoms with Crippen molar-refractivity contribution >= 4 is 18.4 Å². The molecule has 0 aliphatic carbocycles. The molecule has 0 aliphatic rings. The molecule has 1 rings (SSSR count). The molecule has 0 N–H and O–H groups in total. The molecule has 0 unspecified atom stereocenters. The van der Waals surface area contributed by atoms with E-state index in [4.69, 9.17) is 4.74 Å². The Morgan fingerprint density at radius 1 is 0.808 bits per heavy atom. The summed E-state index contributed by atoms with van der Waals surface area (Å²) in [5, 5.41) is 0. The first-order valence-corrected chi connectivity index (χ1v) is 18.8. The van der Waals surface area contributed by atoms with Crippen molar-refractivity contribution in [3.63, 3.8) is 0 Å². The number of unbranched alkanes of at least 4 members (excludes halogenated alkanes) is 4. The summed E-state index contributed by atoms with van der Waals surface area (Å²) in [5.74, 6) is 0. The fraction of sp³-hybridized carbons (Fsp3) is 0.667. The van der Waals surface area contributed by atoms with Gasteiger partial charge in [0.1, 0.15) is 0 Å². The van der Waals surface area contributed by atoms with Gasteiger partial charge in [0.05, 0.1) is 0 Å². The van der Waals surface area contributed by atoms with Gasteiger partial charge < -0.3 is 0 Å². The summed E-state index contributed by atoms with van der Waals surface area (Å²) in [7, 11) is 0. The summed E-state index contributed by atoms with van der Waals surface area (Å²) < 4.78 is 13.4. The molecule has 0 aromatic heterocycles. The Bertz CT molecular complexity index is 433. The van der Waals surface area contributed by atoms with Gasteiger partial charge in [0.2, 0.25) is 0 Å². The topological polar surface area (TPSA) is 9.23 Å². The van der Waals surface area contributed by atoms with E-state index in [0.29, 0.717) is 0 Å². The average Bonchev–Trinajstić information content (AvgIpc) is 2.68. The number of ether oxygens (including phenoxy) is 1. The van der Waals surface area contributed by atoms with Gasteiger partial charge in [-0.15, -0.1) is 0 Å². The van der Waals surface area contributed by atoms with Crippen LogP contribution >= 0.6 is 0 Å². The molecule has 0 radical (unpaired) electrons. The summed E-state index contributed by atoms with van der Waals surface area (Å²) >= 11 is -2.05. The van der Waals surface area contributed by atoms with E-state index < -0.39 is 18.4 Å². The van der Waals surface area contributed by atoms with Crippen molar-refractivity contribution in [1.29, 1.82) is 0 Å². The normalized spacial score (nSPS) is 12.1. The second kappa shape index (κ2) is 15.7. The van der Waals surface area contributed by atoms with Gasteiger partial charge in [0.15, 0.2) is 0 Å². The van der Waals surface area contributed by atoms with Crippen LogP contribution < -0.4 is 0 Å². The minimum atomic E-state index is -2.05. The van der Waals surface area contributed by atoms with Crippen molar-refractivity contribution in [3.8, 4) is 0 Å². The Labute approximate surface area is 167 Å². The zero-order valence-electron chi connectivity index (χ0n) is 17.6. The molecule has 0 spiro atoms. The van der Waals surface area contributed by atoms with Crippen LogP contribution in [-0.4, -0.2) is 25.0 Å². The Hall–Kier alpha value is -0.281. The first-order valence-electron chi connectivity index (χ1n) is 11.1. The van der Waals surface area contributed by atoms with Crippen LogP contribution in [0.25, 0.3) is 0 Å². The van der Waals surface area contributed by atoms with E-state index in [9.17, 15) is 0 Å². The molecule has 2 heteroatoms. The Balaban J connectivity index is 2.40. The van der Waals surface area contributed by atoms with E-state index in [2.05, 4.69) is 61.3 Å². The van der Waals surface area contributed by atoms with Gasteiger partial charge in [-0.05, 0) is 0 Å². The van der Waals surface area contributed by atoms with E-state index in [1.807, 2.05) is 0 Å². The zero-order chi connectivity index (χ0) is 18.9. The molecule has 1 aromatic rings. The van der Waals surface area contributed by atoms with Crippen molar-refractivity contribution in [3.05, 3.63) is 46.1 Å². The molecule has 0 heterocycles. The molecule has 1 aromatic carbocycles. The van der Waals surface area contributed by atoms with Crippen molar-refractivity contribution in [1.82, 2.24) is 0 Å². The third-order valence-corrected chi connectivity index (χ3v) is 19.6. The Morgan fingerprint density at radius 3 is 1.92 bits per heavy atom. The molecule has 0 aliphatic heterocycles. The molecule has 0 amide bonds. The molecule has 148 valence electrons. The van der Waals surface area contributed by atoms with Crippen LogP contribution in [-0.2, 0) is 11.3 Å². The first kappa shape index (κ1) is 23.8. The van der Waals surface area contributed by atoms with Crippen LogP contribution in [0.1, 0.15) is 77.7 Å². The van der Waals surface area contributed by atoms with Crippen LogP contribution in [0.4, 0.5) is 0 Å². The van der Waals surface area contributed by atoms with Crippen molar-refractivity contribution in [2.45, 2.75) is 92.1 Å².